The third-order valence-electron chi connectivity index (χ3n) is 3.75. The van der Waals surface area contributed by atoms with Crippen LogP contribution in [0.3, 0.4) is 0 Å². The summed E-state index contributed by atoms with van der Waals surface area (Å²) in [6, 6.07) is 12.7. The van der Waals surface area contributed by atoms with E-state index in [4.69, 9.17) is 9.47 Å². The number of nitro groups is 1. The Hall–Kier alpha value is -2.84. The fourth-order valence-electron chi connectivity index (χ4n) is 2.46. The monoisotopic (exact) mass is 379 g/mol. The number of hydrogen-bond acceptors (Lipinski definition) is 6. The van der Waals surface area contributed by atoms with Crippen LogP contribution in [0, 0.1) is 10.1 Å². The van der Waals surface area contributed by atoms with Crippen LogP contribution in [0.4, 0.5) is 21.9 Å². The molecular formula is C17H18ClN3O5. The summed E-state index contributed by atoms with van der Waals surface area (Å²) in [6.07, 6.45) is -0.659. The van der Waals surface area contributed by atoms with Gasteiger partial charge in [-0.3, -0.25) is 15.4 Å². The molecule has 138 valence electrons. The van der Waals surface area contributed by atoms with Crippen molar-refractivity contribution in [2.45, 2.75) is 0 Å². The number of hydrogen-bond donors (Lipinski definition) is 1. The molecule has 1 amide bonds. The standard InChI is InChI=1S/C17H17N3O5.ClH/c21-17(25-16-7-5-15(6-8-16)20(22)23)18-13-1-3-14(4-2-13)19-9-11-24-12-10-19;/h1-8H,9-12H2,(H,18,21);1H. The number of benzene rings is 2. The first-order chi connectivity index (χ1) is 12.1. The molecule has 1 heterocycles. The summed E-state index contributed by atoms with van der Waals surface area (Å²) in [4.78, 5) is 24.2. The smallest absolute Gasteiger partial charge is 0.410 e. The van der Waals surface area contributed by atoms with Crippen LogP contribution in [0.25, 0.3) is 0 Å². The molecule has 2 aromatic rings. The van der Waals surface area contributed by atoms with E-state index in [-0.39, 0.29) is 23.8 Å². The van der Waals surface area contributed by atoms with E-state index in [0.29, 0.717) is 18.9 Å². The van der Waals surface area contributed by atoms with Crippen molar-refractivity contribution >= 4 is 35.6 Å². The molecule has 1 fully saturated rings. The van der Waals surface area contributed by atoms with Crippen molar-refractivity contribution in [1.82, 2.24) is 0 Å². The first kappa shape index (κ1) is 19.5. The number of carbonyl (C=O) groups is 1. The number of ether oxygens (including phenoxy) is 2. The highest BCUT2D eigenvalue weighted by Crippen LogP contribution is 2.20. The Labute approximate surface area is 156 Å². The lowest BCUT2D eigenvalue weighted by Crippen LogP contribution is -2.36. The molecule has 0 aromatic heterocycles. The predicted molar refractivity (Wildman–Crippen MR) is 99.5 cm³/mol. The number of amides is 1. The number of anilines is 2. The minimum Gasteiger partial charge on any atom is -0.410 e. The molecule has 3 rings (SSSR count). The molecule has 0 radical (unpaired) electrons. The molecule has 1 aliphatic heterocycles. The molecule has 26 heavy (non-hydrogen) atoms. The van der Waals surface area contributed by atoms with Crippen molar-refractivity contribution in [2.75, 3.05) is 36.5 Å². The maximum Gasteiger partial charge on any atom is 0.417 e. The molecule has 1 aliphatic rings. The van der Waals surface area contributed by atoms with Crippen molar-refractivity contribution in [3.63, 3.8) is 0 Å². The normalized spacial score (nSPS) is 13.5. The van der Waals surface area contributed by atoms with E-state index in [2.05, 4.69) is 10.2 Å². The van der Waals surface area contributed by atoms with E-state index < -0.39 is 11.0 Å². The molecule has 1 saturated heterocycles. The van der Waals surface area contributed by atoms with Gasteiger partial charge in [0, 0.05) is 36.6 Å². The van der Waals surface area contributed by atoms with Gasteiger partial charge in [-0.1, -0.05) is 0 Å². The van der Waals surface area contributed by atoms with E-state index in [9.17, 15) is 14.9 Å². The van der Waals surface area contributed by atoms with E-state index in [1.54, 1.807) is 12.1 Å². The number of rotatable bonds is 4. The van der Waals surface area contributed by atoms with Crippen LogP contribution in [0.15, 0.2) is 48.5 Å². The van der Waals surface area contributed by atoms with E-state index in [0.717, 1.165) is 18.8 Å². The van der Waals surface area contributed by atoms with Gasteiger partial charge in [0.1, 0.15) is 5.75 Å². The predicted octanol–water partition coefficient (Wildman–Crippen LogP) is 3.46. The fraction of sp³-hybridized carbons (Fsp3) is 0.235. The molecule has 9 heteroatoms. The average Bonchev–Trinajstić information content (AvgIpc) is 2.63. The topological polar surface area (TPSA) is 93.9 Å². The summed E-state index contributed by atoms with van der Waals surface area (Å²) in [5.41, 5.74) is 1.60. The Morgan fingerprint density at radius 1 is 1.08 bits per heavy atom. The third-order valence-corrected chi connectivity index (χ3v) is 3.75. The van der Waals surface area contributed by atoms with E-state index in [1.807, 2.05) is 12.1 Å². The maximum absolute atomic E-state index is 11.9. The Morgan fingerprint density at radius 3 is 2.27 bits per heavy atom. The lowest BCUT2D eigenvalue weighted by Gasteiger charge is -2.28. The number of morpholine rings is 1. The van der Waals surface area contributed by atoms with Crippen LogP contribution in [0.1, 0.15) is 0 Å². The number of nitrogens with one attached hydrogen (secondary N) is 1. The van der Waals surface area contributed by atoms with Gasteiger partial charge in [-0.15, -0.1) is 12.4 Å². The van der Waals surface area contributed by atoms with Crippen molar-refractivity contribution in [1.29, 1.82) is 0 Å². The zero-order valence-corrected chi connectivity index (χ0v) is 14.6. The van der Waals surface area contributed by atoms with Crippen LogP contribution in [0.5, 0.6) is 5.75 Å². The number of nitro benzene ring substituents is 1. The van der Waals surface area contributed by atoms with Crippen LogP contribution in [-0.2, 0) is 4.74 Å². The van der Waals surface area contributed by atoms with Gasteiger partial charge in [0.2, 0.25) is 0 Å². The first-order valence-corrected chi connectivity index (χ1v) is 7.78. The zero-order valence-electron chi connectivity index (χ0n) is 13.8. The second-order valence-corrected chi connectivity index (χ2v) is 5.41. The minimum atomic E-state index is -0.659. The van der Waals surface area contributed by atoms with Crippen molar-refractivity contribution in [3.05, 3.63) is 58.6 Å². The molecule has 0 unspecified atom stereocenters. The fourth-order valence-corrected chi connectivity index (χ4v) is 2.46. The first-order valence-electron chi connectivity index (χ1n) is 7.78. The summed E-state index contributed by atoms with van der Waals surface area (Å²) in [5, 5.41) is 13.2. The number of carbonyl (C=O) groups excluding carboxylic acids is 1. The Bertz CT molecular complexity index is 746. The van der Waals surface area contributed by atoms with Gasteiger partial charge in [0.05, 0.1) is 18.1 Å². The molecule has 0 bridgehead atoms. The van der Waals surface area contributed by atoms with Gasteiger partial charge in [0.15, 0.2) is 0 Å². The van der Waals surface area contributed by atoms with Crippen molar-refractivity contribution in [3.8, 4) is 5.75 Å². The lowest BCUT2D eigenvalue weighted by molar-refractivity contribution is -0.384. The second kappa shape index (κ2) is 9.02. The number of nitrogens with zero attached hydrogens (tertiary/aromatic N) is 2. The molecule has 0 saturated carbocycles. The Kier molecular flexibility index (Phi) is 6.76. The Morgan fingerprint density at radius 2 is 1.69 bits per heavy atom. The molecule has 0 aliphatic carbocycles. The summed E-state index contributed by atoms with van der Waals surface area (Å²) < 4.78 is 10.4. The van der Waals surface area contributed by atoms with E-state index in [1.165, 1.54) is 24.3 Å². The average molecular weight is 380 g/mol. The molecule has 2 aromatic carbocycles. The van der Waals surface area contributed by atoms with Crippen LogP contribution in [-0.4, -0.2) is 37.3 Å². The lowest BCUT2D eigenvalue weighted by atomic mass is 10.2. The van der Waals surface area contributed by atoms with Gasteiger partial charge in [-0.2, -0.15) is 0 Å². The summed E-state index contributed by atoms with van der Waals surface area (Å²) in [5.74, 6) is 0.230. The number of non-ortho nitro benzene ring substituents is 1. The summed E-state index contributed by atoms with van der Waals surface area (Å²) in [6.45, 7) is 3.10. The molecule has 1 N–H and O–H groups in total. The molecule has 0 atom stereocenters. The largest absolute Gasteiger partial charge is 0.417 e. The minimum absolute atomic E-state index is 0. The summed E-state index contributed by atoms with van der Waals surface area (Å²) >= 11 is 0. The maximum atomic E-state index is 11.9. The highest BCUT2D eigenvalue weighted by Gasteiger charge is 2.12. The van der Waals surface area contributed by atoms with Crippen LogP contribution in [0.2, 0.25) is 0 Å². The van der Waals surface area contributed by atoms with Crippen molar-refractivity contribution < 1.29 is 19.2 Å². The second-order valence-electron chi connectivity index (χ2n) is 5.41. The third kappa shape index (κ3) is 5.08. The highest BCUT2D eigenvalue weighted by molar-refractivity contribution is 5.86. The SMILES string of the molecule is Cl.O=C(Nc1ccc(N2CCOCC2)cc1)Oc1ccc([N+](=O)[O-])cc1. The quantitative estimate of drug-likeness (QED) is 0.645. The summed E-state index contributed by atoms with van der Waals surface area (Å²) in [7, 11) is 0. The van der Waals surface area contributed by atoms with Gasteiger partial charge in [-0.25, -0.2) is 4.79 Å². The molecule has 8 nitrogen and oxygen atoms in total. The van der Waals surface area contributed by atoms with Crippen LogP contribution < -0.4 is 15.0 Å². The van der Waals surface area contributed by atoms with Crippen molar-refractivity contribution in [2.24, 2.45) is 0 Å². The Balaban J connectivity index is 0.00000243. The van der Waals surface area contributed by atoms with Gasteiger partial charge in [0.25, 0.3) is 5.69 Å². The van der Waals surface area contributed by atoms with Gasteiger partial charge in [-0.05, 0) is 36.4 Å². The highest BCUT2D eigenvalue weighted by atomic mass is 35.5. The van der Waals surface area contributed by atoms with E-state index >= 15 is 0 Å². The zero-order chi connectivity index (χ0) is 17.6. The van der Waals surface area contributed by atoms with Crippen LogP contribution >= 0.6 is 12.4 Å². The van der Waals surface area contributed by atoms with Gasteiger partial charge < -0.3 is 14.4 Å². The number of halogens is 1. The molecule has 0 spiro atoms. The molecular weight excluding hydrogens is 362 g/mol. The van der Waals surface area contributed by atoms with Gasteiger partial charge >= 0.3 is 6.09 Å².